The lowest BCUT2D eigenvalue weighted by Crippen LogP contribution is -1.96. The molecule has 1 aromatic carbocycles. The maximum Gasteiger partial charge on any atom is 0.0314 e. The minimum absolute atomic E-state index is 0.300. The lowest BCUT2D eigenvalue weighted by molar-refractivity contribution is 0.751. The van der Waals surface area contributed by atoms with Crippen LogP contribution in [-0.4, -0.2) is 0 Å². The first-order chi connectivity index (χ1) is 5.72. The Labute approximate surface area is 73.6 Å². The minimum Gasteiger partial charge on any atom is -0.399 e. The Morgan fingerprint density at radius 2 is 2.00 bits per heavy atom. The van der Waals surface area contributed by atoms with E-state index in [9.17, 15) is 0 Å². The van der Waals surface area contributed by atoms with Crippen molar-refractivity contribution in [2.45, 2.75) is 13.3 Å². The molecular weight excluding hydrogens is 146 g/mol. The fourth-order valence-electron chi connectivity index (χ4n) is 1.07. The summed E-state index contributed by atoms with van der Waals surface area (Å²) in [4.78, 5) is 0. The molecule has 1 rings (SSSR count). The first-order valence-electron chi connectivity index (χ1n) is 4.03. The summed E-state index contributed by atoms with van der Waals surface area (Å²) in [5.41, 5.74) is 7.59. The van der Waals surface area contributed by atoms with Gasteiger partial charge in [0.05, 0.1) is 0 Å². The smallest absolute Gasteiger partial charge is 0.0314 e. The third-order valence-corrected chi connectivity index (χ3v) is 1.81. The number of terminal acetylenes is 1. The summed E-state index contributed by atoms with van der Waals surface area (Å²) in [6, 6.07) is 7.84. The molecule has 1 nitrogen and oxygen atoms in total. The Hall–Kier alpha value is -1.42. The second kappa shape index (κ2) is 3.82. The SMILES string of the molecule is C#CC(C)Cc1ccc(N)cc1. The van der Waals surface area contributed by atoms with E-state index in [1.807, 2.05) is 31.2 Å². The van der Waals surface area contributed by atoms with E-state index in [-0.39, 0.29) is 0 Å². The topological polar surface area (TPSA) is 26.0 Å². The highest BCUT2D eigenvalue weighted by atomic mass is 14.5. The maximum atomic E-state index is 5.55. The Bertz CT molecular complexity index is 279. The molecule has 0 aliphatic rings. The molecule has 0 saturated carbocycles. The fraction of sp³-hybridized carbons (Fsp3) is 0.273. The number of hydrogen-bond acceptors (Lipinski definition) is 1. The zero-order valence-electron chi connectivity index (χ0n) is 7.25. The van der Waals surface area contributed by atoms with Gasteiger partial charge in [0.1, 0.15) is 0 Å². The lowest BCUT2D eigenvalue weighted by Gasteiger charge is -2.03. The maximum absolute atomic E-state index is 5.55. The average Bonchev–Trinajstić information content (AvgIpc) is 2.09. The van der Waals surface area contributed by atoms with E-state index in [1.54, 1.807) is 0 Å². The molecule has 0 saturated heterocycles. The van der Waals surface area contributed by atoms with Crippen molar-refractivity contribution in [1.29, 1.82) is 0 Å². The third kappa shape index (κ3) is 2.32. The quantitative estimate of drug-likeness (QED) is 0.519. The van der Waals surface area contributed by atoms with Crippen molar-refractivity contribution in [1.82, 2.24) is 0 Å². The molecule has 1 aromatic rings. The Kier molecular flexibility index (Phi) is 2.76. The predicted octanol–water partition coefficient (Wildman–Crippen LogP) is 2.08. The molecular formula is C11H13N. The number of hydrogen-bond donors (Lipinski definition) is 1. The summed E-state index contributed by atoms with van der Waals surface area (Å²) in [6.07, 6.45) is 6.20. The Morgan fingerprint density at radius 3 is 2.50 bits per heavy atom. The summed E-state index contributed by atoms with van der Waals surface area (Å²) in [5.74, 6) is 3.00. The van der Waals surface area contributed by atoms with Crippen molar-refractivity contribution in [2.75, 3.05) is 5.73 Å². The van der Waals surface area contributed by atoms with Crippen molar-refractivity contribution in [3.05, 3.63) is 29.8 Å². The van der Waals surface area contributed by atoms with Gasteiger partial charge >= 0.3 is 0 Å². The Morgan fingerprint density at radius 1 is 1.42 bits per heavy atom. The second-order valence-corrected chi connectivity index (χ2v) is 3.01. The third-order valence-electron chi connectivity index (χ3n) is 1.81. The zero-order valence-corrected chi connectivity index (χ0v) is 7.25. The van der Waals surface area contributed by atoms with E-state index in [2.05, 4.69) is 5.92 Å². The van der Waals surface area contributed by atoms with Gasteiger partial charge in [0.15, 0.2) is 0 Å². The lowest BCUT2D eigenvalue weighted by atomic mass is 10.0. The molecule has 0 aromatic heterocycles. The van der Waals surface area contributed by atoms with E-state index < -0.39 is 0 Å². The van der Waals surface area contributed by atoms with E-state index in [0.29, 0.717) is 5.92 Å². The normalized spacial score (nSPS) is 12.0. The van der Waals surface area contributed by atoms with Gasteiger partial charge < -0.3 is 5.73 Å². The van der Waals surface area contributed by atoms with Crippen molar-refractivity contribution >= 4 is 5.69 Å². The molecule has 0 aliphatic heterocycles. The molecule has 0 fully saturated rings. The number of rotatable bonds is 2. The summed E-state index contributed by atoms with van der Waals surface area (Å²) < 4.78 is 0. The van der Waals surface area contributed by atoms with Crippen LogP contribution in [0, 0.1) is 18.3 Å². The zero-order chi connectivity index (χ0) is 8.97. The molecule has 2 N–H and O–H groups in total. The predicted molar refractivity (Wildman–Crippen MR) is 52.6 cm³/mol. The highest BCUT2D eigenvalue weighted by molar-refractivity contribution is 5.39. The monoisotopic (exact) mass is 159 g/mol. The number of nitrogen functional groups attached to an aromatic ring is 1. The number of nitrogens with two attached hydrogens (primary N) is 1. The molecule has 0 heterocycles. The average molecular weight is 159 g/mol. The van der Waals surface area contributed by atoms with Gasteiger partial charge in [-0.2, -0.15) is 0 Å². The van der Waals surface area contributed by atoms with Crippen LogP contribution in [0.5, 0.6) is 0 Å². The van der Waals surface area contributed by atoms with Gasteiger partial charge in [0, 0.05) is 11.6 Å². The summed E-state index contributed by atoms with van der Waals surface area (Å²) in [5, 5.41) is 0. The van der Waals surface area contributed by atoms with Crippen LogP contribution >= 0.6 is 0 Å². The van der Waals surface area contributed by atoms with Crippen LogP contribution in [0.4, 0.5) is 5.69 Å². The highest BCUT2D eigenvalue weighted by Crippen LogP contribution is 2.10. The van der Waals surface area contributed by atoms with Gasteiger partial charge in [-0.1, -0.05) is 19.1 Å². The van der Waals surface area contributed by atoms with E-state index >= 15 is 0 Å². The van der Waals surface area contributed by atoms with E-state index in [0.717, 1.165) is 12.1 Å². The molecule has 0 aliphatic carbocycles. The standard InChI is InChI=1S/C11H13N/c1-3-9(2)8-10-4-6-11(12)7-5-10/h1,4-7,9H,8,12H2,2H3. The fourth-order valence-corrected chi connectivity index (χ4v) is 1.07. The molecule has 62 valence electrons. The molecule has 1 atom stereocenters. The van der Waals surface area contributed by atoms with Crippen LogP contribution in [0.25, 0.3) is 0 Å². The molecule has 1 unspecified atom stereocenters. The van der Waals surface area contributed by atoms with Gasteiger partial charge in [0.25, 0.3) is 0 Å². The van der Waals surface area contributed by atoms with Crippen molar-refractivity contribution in [2.24, 2.45) is 5.92 Å². The summed E-state index contributed by atoms with van der Waals surface area (Å²) >= 11 is 0. The van der Waals surface area contributed by atoms with Crippen molar-refractivity contribution < 1.29 is 0 Å². The molecule has 0 spiro atoms. The molecule has 0 radical (unpaired) electrons. The van der Waals surface area contributed by atoms with Crippen LogP contribution in [-0.2, 0) is 6.42 Å². The second-order valence-electron chi connectivity index (χ2n) is 3.01. The van der Waals surface area contributed by atoms with Crippen LogP contribution in [0.3, 0.4) is 0 Å². The molecule has 0 amide bonds. The van der Waals surface area contributed by atoms with Crippen LogP contribution in [0.15, 0.2) is 24.3 Å². The summed E-state index contributed by atoms with van der Waals surface area (Å²) in [6.45, 7) is 2.04. The molecule has 12 heavy (non-hydrogen) atoms. The Balaban J connectivity index is 2.66. The van der Waals surface area contributed by atoms with Gasteiger partial charge in [-0.25, -0.2) is 0 Å². The van der Waals surface area contributed by atoms with Gasteiger partial charge in [-0.15, -0.1) is 12.3 Å². The first-order valence-corrected chi connectivity index (χ1v) is 4.03. The molecule has 1 heteroatoms. The highest BCUT2D eigenvalue weighted by Gasteiger charge is 1.98. The van der Waals surface area contributed by atoms with Crippen LogP contribution in [0.2, 0.25) is 0 Å². The van der Waals surface area contributed by atoms with Crippen LogP contribution < -0.4 is 5.73 Å². The van der Waals surface area contributed by atoms with Gasteiger partial charge in [-0.3, -0.25) is 0 Å². The van der Waals surface area contributed by atoms with E-state index in [4.69, 9.17) is 12.2 Å². The molecule has 0 bridgehead atoms. The number of benzene rings is 1. The van der Waals surface area contributed by atoms with Crippen LogP contribution in [0.1, 0.15) is 12.5 Å². The van der Waals surface area contributed by atoms with Gasteiger partial charge in [0.2, 0.25) is 0 Å². The van der Waals surface area contributed by atoms with Crippen molar-refractivity contribution in [3.63, 3.8) is 0 Å². The summed E-state index contributed by atoms with van der Waals surface area (Å²) in [7, 11) is 0. The minimum atomic E-state index is 0.300. The number of anilines is 1. The van der Waals surface area contributed by atoms with Crippen molar-refractivity contribution in [3.8, 4) is 12.3 Å². The van der Waals surface area contributed by atoms with Gasteiger partial charge in [-0.05, 0) is 24.1 Å². The van der Waals surface area contributed by atoms with E-state index in [1.165, 1.54) is 5.56 Å². The first kappa shape index (κ1) is 8.67. The largest absolute Gasteiger partial charge is 0.399 e.